The second kappa shape index (κ2) is 7.02. The van der Waals surface area contributed by atoms with Crippen LogP contribution in [0.25, 0.3) is 21.0 Å². The van der Waals surface area contributed by atoms with Gasteiger partial charge in [-0.05, 0) is 44.6 Å². The number of nitrogens with two attached hydrogens (primary N) is 2. The van der Waals surface area contributed by atoms with E-state index in [1.807, 2.05) is 18.2 Å². The molecule has 0 bridgehead atoms. The minimum atomic E-state index is 0.311. The van der Waals surface area contributed by atoms with Crippen LogP contribution in [-0.4, -0.2) is 42.9 Å². The fourth-order valence-electron chi connectivity index (χ4n) is 2.67. The number of hydrogen-bond acceptors (Lipinski definition) is 6. The molecule has 0 radical (unpaired) electrons. The van der Waals surface area contributed by atoms with E-state index < -0.39 is 0 Å². The van der Waals surface area contributed by atoms with Gasteiger partial charge in [-0.25, -0.2) is 4.98 Å². The monoisotopic (exact) mass is 342 g/mol. The fraction of sp³-hybridized carbons (Fsp3) is 0.294. The molecule has 5 N–H and O–H groups in total. The summed E-state index contributed by atoms with van der Waals surface area (Å²) in [4.78, 5) is 6.98. The molecule has 0 unspecified atom stereocenters. The first kappa shape index (κ1) is 16.5. The predicted octanol–water partition coefficient (Wildman–Crippen LogP) is 2.39. The van der Waals surface area contributed by atoms with Crippen LogP contribution in [0.2, 0.25) is 0 Å². The first-order chi connectivity index (χ1) is 11.6. The number of hydrogen-bond donors (Lipinski definition) is 3. The van der Waals surface area contributed by atoms with Crippen molar-refractivity contribution in [2.45, 2.75) is 6.42 Å². The average molecular weight is 342 g/mol. The van der Waals surface area contributed by atoms with E-state index in [0.29, 0.717) is 5.84 Å². The predicted molar refractivity (Wildman–Crippen MR) is 104 cm³/mol. The molecule has 0 amide bonds. The molecule has 0 saturated heterocycles. The van der Waals surface area contributed by atoms with Crippen molar-refractivity contribution in [3.63, 3.8) is 0 Å². The summed E-state index contributed by atoms with van der Waals surface area (Å²) < 4.78 is 1.23. The molecule has 24 heavy (non-hydrogen) atoms. The van der Waals surface area contributed by atoms with E-state index in [9.17, 15) is 0 Å². The van der Waals surface area contributed by atoms with Crippen molar-refractivity contribution < 1.29 is 0 Å². The van der Waals surface area contributed by atoms with Gasteiger partial charge in [0.05, 0.1) is 5.52 Å². The largest absolute Gasteiger partial charge is 0.382 e. The number of hydrazone groups is 1. The lowest BCUT2D eigenvalue weighted by Crippen LogP contribution is -2.17. The van der Waals surface area contributed by atoms with Crippen LogP contribution in [-0.2, 0) is 0 Å². The molecule has 1 aromatic carbocycles. The summed E-state index contributed by atoms with van der Waals surface area (Å²) in [6.45, 7) is 1.93. The Kier molecular flexibility index (Phi) is 4.82. The number of anilines is 1. The van der Waals surface area contributed by atoms with Gasteiger partial charge in [0.1, 0.15) is 11.7 Å². The third-order valence-corrected chi connectivity index (χ3v) is 4.85. The Hall–Kier alpha value is -2.38. The van der Waals surface area contributed by atoms with E-state index in [2.05, 4.69) is 40.9 Å². The van der Waals surface area contributed by atoms with Gasteiger partial charge in [0.2, 0.25) is 0 Å². The topological polar surface area (TPSA) is 92.6 Å². The van der Waals surface area contributed by atoms with Crippen LogP contribution in [0, 0.1) is 0 Å². The minimum Gasteiger partial charge on any atom is -0.382 e. The van der Waals surface area contributed by atoms with Crippen LogP contribution in [0.1, 0.15) is 12.0 Å². The van der Waals surface area contributed by atoms with Gasteiger partial charge in [-0.1, -0.05) is 12.1 Å². The molecule has 0 fully saturated rings. The number of fused-ring (bicyclic) bond motifs is 3. The standard InChI is InChI=1S/C17H22N6S/c1-23(2)8-3-7-20-17-13-6-9-24-15(13)12-5-4-11(16(18)22-19)10-14(12)21-17/h4-6,9-10H,3,7-8,19H2,1-2H3,(H2,18,22)(H,20,21). The normalized spacial score (nSPS) is 12.4. The second-order valence-corrected chi connectivity index (χ2v) is 6.87. The van der Waals surface area contributed by atoms with Gasteiger partial charge in [0.25, 0.3) is 0 Å². The number of nitrogens with zero attached hydrogens (tertiary/aromatic N) is 3. The van der Waals surface area contributed by atoms with E-state index in [0.717, 1.165) is 47.2 Å². The molecule has 7 heteroatoms. The third kappa shape index (κ3) is 3.27. The highest BCUT2D eigenvalue weighted by atomic mass is 32.1. The molecule has 0 saturated carbocycles. The number of pyridine rings is 1. The number of aromatic nitrogens is 1. The molecule has 2 heterocycles. The zero-order chi connectivity index (χ0) is 17.1. The van der Waals surface area contributed by atoms with Crippen molar-refractivity contribution in [1.82, 2.24) is 9.88 Å². The number of amidine groups is 1. The lowest BCUT2D eigenvalue weighted by Gasteiger charge is -2.12. The lowest BCUT2D eigenvalue weighted by atomic mass is 10.1. The van der Waals surface area contributed by atoms with Crippen LogP contribution in [0.15, 0.2) is 34.7 Å². The fourth-order valence-corrected chi connectivity index (χ4v) is 3.60. The maximum Gasteiger partial charge on any atom is 0.150 e. The van der Waals surface area contributed by atoms with Crippen molar-refractivity contribution >= 4 is 44.0 Å². The smallest absolute Gasteiger partial charge is 0.150 e. The van der Waals surface area contributed by atoms with Crippen molar-refractivity contribution in [3.05, 3.63) is 35.2 Å². The Balaban J connectivity index is 1.98. The molecule has 3 aromatic rings. The van der Waals surface area contributed by atoms with Crippen LogP contribution >= 0.6 is 11.3 Å². The Morgan fingerprint density at radius 1 is 1.29 bits per heavy atom. The highest BCUT2D eigenvalue weighted by Crippen LogP contribution is 2.33. The Morgan fingerprint density at radius 2 is 2.12 bits per heavy atom. The van der Waals surface area contributed by atoms with Gasteiger partial charge in [-0.15, -0.1) is 11.3 Å². The zero-order valence-corrected chi connectivity index (χ0v) is 14.7. The van der Waals surface area contributed by atoms with Gasteiger partial charge in [-0.3, -0.25) is 0 Å². The SMILES string of the molecule is CN(C)CCCNc1nc2cc(/C(N)=N/N)ccc2c2sccc12. The second-order valence-electron chi connectivity index (χ2n) is 5.95. The third-order valence-electron chi connectivity index (χ3n) is 3.90. The van der Waals surface area contributed by atoms with E-state index >= 15 is 0 Å². The van der Waals surface area contributed by atoms with Gasteiger partial charge in [0.15, 0.2) is 0 Å². The van der Waals surface area contributed by atoms with E-state index in [-0.39, 0.29) is 0 Å². The average Bonchev–Trinajstić information content (AvgIpc) is 3.07. The molecule has 0 spiro atoms. The van der Waals surface area contributed by atoms with E-state index in [1.54, 1.807) is 11.3 Å². The Bertz CT molecular complexity index is 883. The molecule has 3 rings (SSSR count). The summed E-state index contributed by atoms with van der Waals surface area (Å²) >= 11 is 1.72. The summed E-state index contributed by atoms with van der Waals surface area (Å²) in [5, 5.41) is 11.4. The van der Waals surface area contributed by atoms with Crippen molar-refractivity contribution in [2.24, 2.45) is 16.7 Å². The van der Waals surface area contributed by atoms with Crippen LogP contribution in [0.4, 0.5) is 5.82 Å². The van der Waals surface area contributed by atoms with Crippen LogP contribution in [0.3, 0.4) is 0 Å². The molecular weight excluding hydrogens is 320 g/mol. The molecule has 0 aliphatic heterocycles. The van der Waals surface area contributed by atoms with E-state index in [4.69, 9.17) is 16.6 Å². The lowest BCUT2D eigenvalue weighted by molar-refractivity contribution is 0.405. The first-order valence-corrected chi connectivity index (χ1v) is 8.71. The molecule has 0 atom stereocenters. The van der Waals surface area contributed by atoms with Gasteiger partial charge >= 0.3 is 0 Å². The quantitative estimate of drug-likeness (QED) is 0.210. The highest BCUT2D eigenvalue weighted by Gasteiger charge is 2.11. The summed E-state index contributed by atoms with van der Waals surface area (Å²) in [6.07, 6.45) is 1.06. The summed E-state index contributed by atoms with van der Waals surface area (Å²) in [5.74, 6) is 6.51. The van der Waals surface area contributed by atoms with Crippen molar-refractivity contribution in [3.8, 4) is 0 Å². The maximum absolute atomic E-state index is 5.82. The molecular formula is C17H22N6S. The number of nitrogens with one attached hydrogen (secondary N) is 1. The van der Waals surface area contributed by atoms with Gasteiger partial charge in [0, 0.05) is 27.6 Å². The Morgan fingerprint density at radius 3 is 2.88 bits per heavy atom. The summed E-state index contributed by atoms with van der Waals surface area (Å²) in [7, 11) is 4.16. The molecule has 0 aliphatic rings. The maximum atomic E-state index is 5.82. The first-order valence-electron chi connectivity index (χ1n) is 7.83. The Labute approximate surface area is 145 Å². The summed E-state index contributed by atoms with van der Waals surface area (Å²) in [5.41, 5.74) is 7.50. The zero-order valence-electron chi connectivity index (χ0n) is 13.9. The molecule has 2 aromatic heterocycles. The number of benzene rings is 1. The highest BCUT2D eigenvalue weighted by molar-refractivity contribution is 7.18. The molecule has 6 nitrogen and oxygen atoms in total. The minimum absolute atomic E-state index is 0.311. The van der Waals surface area contributed by atoms with E-state index in [1.165, 1.54) is 4.70 Å². The van der Waals surface area contributed by atoms with Gasteiger partial charge in [-0.2, -0.15) is 5.10 Å². The van der Waals surface area contributed by atoms with Crippen LogP contribution in [0.5, 0.6) is 0 Å². The van der Waals surface area contributed by atoms with Crippen LogP contribution < -0.4 is 16.9 Å². The van der Waals surface area contributed by atoms with Crippen molar-refractivity contribution in [1.29, 1.82) is 0 Å². The number of thiophene rings is 1. The molecule has 126 valence electrons. The van der Waals surface area contributed by atoms with Crippen molar-refractivity contribution in [2.75, 3.05) is 32.5 Å². The summed E-state index contributed by atoms with van der Waals surface area (Å²) in [6, 6.07) is 8.01. The molecule has 0 aliphatic carbocycles. The van der Waals surface area contributed by atoms with Gasteiger partial charge < -0.3 is 21.8 Å². The number of rotatable bonds is 6.